The Morgan fingerprint density at radius 1 is 1.18 bits per heavy atom. The highest BCUT2D eigenvalue weighted by atomic mass is 16.6. The predicted molar refractivity (Wildman–Crippen MR) is 84.7 cm³/mol. The van der Waals surface area contributed by atoms with Gasteiger partial charge in [-0.3, -0.25) is 0 Å². The van der Waals surface area contributed by atoms with Crippen LogP contribution in [0.25, 0.3) is 6.08 Å². The molecule has 5 heteroatoms. The van der Waals surface area contributed by atoms with E-state index in [0.29, 0.717) is 24.5 Å². The number of carbonyl (C=O) groups excluding carboxylic acids is 1. The van der Waals surface area contributed by atoms with Gasteiger partial charge in [0.15, 0.2) is 11.5 Å². The summed E-state index contributed by atoms with van der Waals surface area (Å²) in [7, 11) is 0. The van der Waals surface area contributed by atoms with Crippen molar-refractivity contribution >= 4 is 12.0 Å². The molecule has 22 heavy (non-hydrogen) atoms. The molecule has 0 heterocycles. The Labute approximate surface area is 131 Å². The van der Waals surface area contributed by atoms with Crippen molar-refractivity contribution in [2.45, 2.75) is 33.6 Å². The highest BCUT2D eigenvalue weighted by Gasteiger charge is 2.12. The lowest BCUT2D eigenvalue weighted by atomic mass is 10.1. The molecule has 1 aromatic rings. The number of unbranched alkanes of at least 4 members (excludes halogenated alkanes) is 1. The number of benzene rings is 1. The smallest absolute Gasteiger partial charge is 0.373 e. The average molecular weight is 308 g/mol. The van der Waals surface area contributed by atoms with Crippen LogP contribution in [0.15, 0.2) is 24.0 Å². The number of carbonyl (C=O) groups is 1. The minimum Gasteiger partial charge on any atom is -0.504 e. The first kappa shape index (κ1) is 17.9. The summed E-state index contributed by atoms with van der Waals surface area (Å²) < 4.78 is 15.8. The molecule has 0 atom stereocenters. The largest absolute Gasteiger partial charge is 0.504 e. The van der Waals surface area contributed by atoms with E-state index in [1.807, 2.05) is 0 Å². The number of esters is 1. The Bertz CT molecular complexity index is 508. The molecule has 0 aromatic heterocycles. The van der Waals surface area contributed by atoms with E-state index in [9.17, 15) is 9.90 Å². The van der Waals surface area contributed by atoms with Gasteiger partial charge in [0.25, 0.3) is 0 Å². The van der Waals surface area contributed by atoms with Gasteiger partial charge in [-0.25, -0.2) is 4.79 Å². The van der Waals surface area contributed by atoms with E-state index in [-0.39, 0.29) is 18.1 Å². The van der Waals surface area contributed by atoms with Crippen molar-refractivity contribution in [3.05, 3.63) is 29.5 Å². The van der Waals surface area contributed by atoms with E-state index >= 15 is 0 Å². The fourth-order valence-electron chi connectivity index (χ4n) is 1.73. The monoisotopic (exact) mass is 308 g/mol. The molecule has 0 fully saturated rings. The van der Waals surface area contributed by atoms with Crippen molar-refractivity contribution in [2.24, 2.45) is 0 Å². The van der Waals surface area contributed by atoms with Gasteiger partial charge >= 0.3 is 5.97 Å². The Morgan fingerprint density at radius 2 is 1.91 bits per heavy atom. The van der Waals surface area contributed by atoms with E-state index in [0.717, 1.165) is 12.8 Å². The molecule has 0 amide bonds. The van der Waals surface area contributed by atoms with E-state index in [1.165, 1.54) is 6.07 Å². The van der Waals surface area contributed by atoms with Crippen LogP contribution in [-0.2, 0) is 14.3 Å². The van der Waals surface area contributed by atoms with Crippen molar-refractivity contribution < 1.29 is 24.1 Å². The molecule has 0 spiro atoms. The first-order chi connectivity index (χ1) is 10.6. The van der Waals surface area contributed by atoms with Gasteiger partial charge in [0, 0.05) is 0 Å². The second-order valence-electron chi connectivity index (χ2n) is 4.59. The molecular formula is C17H24O5. The molecule has 0 saturated heterocycles. The molecule has 1 rings (SSSR count). The molecule has 0 radical (unpaired) electrons. The van der Waals surface area contributed by atoms with E-state index in [1.54, 1.807) is 32.1 Å². The summed E-state index contributed by atoms with van der Waals surface area (Å²) >= 11 is 0. The molecule has 1 N–H and O–H groups in total. The van der Waals surface area contributed by atoms with Gasteiger partial charge < -0.3 is 19.3 Å². The third-order valence-corrected chi connectivity index (χ3v) is 2.81. The van der Waals surface area contributed by atoms with Crippen LogP contribution in [0.4, 0.5) is 0 Å². The summed E-state index contributed by atoms with van der Waals surface area (Å²) in [5, 5.41) is 9.80. The minimum absolute atomic E-state index is 0.0716. The van der Waals surface area contributed by atoms with Gasteiger partial charge in [0.2, 0.25) is 5.76 Å². The maximum atomic E-state index is 11.8. The zero-order valence-electron chi connectivity index (χ0n) is 13.4. The minimum atomic E-state index is -0.508. The summed E-state index contributed by atoms with van der Waals surface area (Å²) in [6.45, 7) is 6.78. The normalized spacial score (nSPS) is 11.1. The summed E-state index contributed by atoms with van der Waals surface area (Å²) in [4.78, 5) is 11.8. The number of rotatable bonds is 9. The highest BCUT2D eigenvalue weighted by Crippen LogP contribution is 2.28. The Hall–Kier alpha value is -2.17. The number of hydrogen-bond donors (Lipinski definition) is 1. The fourth-order valence-corrected chi connectivity index (χ4v) is 1.73. The Balaban J connectivity index is 2.95. The molecule has 5 nitrogen and oxygen atoms in total. The number of hydrogen-bond acceptors (Lipinski definition) is 5. The molecule has 0 unspecified atom stereocenters. The van der Waals surface area contributed by atoms with Gasteiger partial charge in [-0.15, -0.1) is 0 Å². The van der Waals surface area contributed by atoms with E-state index in [4.69, 9.17) is 14.2 Å². The van der Waals surface area contributed by atoms with Gasteiger partial charge in [-0.05, 0) is 44.0 Å². The van der Waals surface area contributed by atoms with Crippen LogP contribution in [0.5, 0.6) is 11.5 Å². The lowest BCUT2D eigenvalue weighted by Gasteiger charge is -2.10. The number of phenols is 1. The molecular weight excluding hydrogens is 284 g/mol. The third-order valence-electron chi connectivity index (χ3n) is 2.81. The Morgan fingerprint density at radius 3 is 2.55 bits per heavy atom. The van der Waals surface area contributed by atoms with Gasteiger partial charge in [-0.2, -0.15) is 0 Å². The molecule has 1 aromatic carbocycles. The number of aromatic hydroxyl groups is 1. The first-order valence-electron chi connectivity index (χ1n) is 7.59. The maximum Gasteiger partial charge on any atom is 0.373 e. The molecule has 0 aliphatic carbocycles. The molecule has 0 aliphatic rings. The SMILES string of the molecule is CCCCOc1cc(/C=C(\OCC)C(=O)OCC)ccc1O. The third kappa shape index (κ3) is 5.68. The molecule has 0 bridgehead atoms. The molecule has 0 saturated carbocycles. The van der Waals surface area contributed by atoms with E-state index < -0.39 is 5.97 Å². The summed E-state index contributed by atoms with van der Waals surface area (Å²) in [5.41, 5.74) is 0.695. The number of ether oxygens (including phenoxy) is 3. The van der Waals surface area contributed by atoms with Gasteiger partial charge in [0.1, 0.15) is 0 Å². The van der Waals surface area contributed by atoms with Crippen molar-refractivity contribution in [3.63, 3.8) is 0 Å². The van der Waals surface area contributed by atoms with Crippen LogP contribution < -0.4 is 4.74 Å². The van der Waals surface area contributed by atoms with Crippen molar-refractivity contribution in [1.29, 1.82) is 0 Å². The van der Waals surface area contributed by atoms with Crippen molar-refractivity contribution in [1.82, 2.24) is 0 Å². The lowest BCUT2D eigenvalue weighted by Crippen LogP contribution is -2.10. The van der Waals surface area contributed by atoms with Gasteiger partial charge in [0.05, 0.1) is 19.8 Å². The second kappa shape index (κ2) is 9.71. The van der Waals surface area contributed by atoms with Crippen LogP contribution >= 0.6 is 0 Å². The lowest BCUT2D eigenvalue weighted by molar-refractivity contribution is -0.142. The van der Waals surface area contributed by atoms with Crippen LogP contribution in [0.2, 0.25) is 0 Å². The van der Waals surface area contributed by atoms with Crippen LogP contribution in [-0.4, -0.2) is 30.9 Å². The second-order valence-corrected chi connectivity index (χ2v) is 4.59. The van der Waals surface area contributed by atoms with Crippen LogP contribution in [0.3, 0.4) is 0 Å². The summed E-state index contributed by atoms with van der Waals surface area (Å²) in [6.07, 6.45) is 3.50. The quantitative estimate of drug-likeness (QED) is 0.327. The van der Waals surface area contributed by atoms with Crippen molar-refractivity contribution in [3.8, 4) is 11.5 Å². The van der Waals surface area contributed by atoms with Crippen LogP contribution in [0, 0.1) is 0 Å². The van der Waals surface area contributed by atoms with Crippen LogP contribution in [0.1, 0.15) is 39.2 Å². The van der Waals surface area contributed by atoms with E-state index in [2.05, 4.69) is 6.92 Å². The zero-order valence-corrected chi connectivity index (χ0v) is 13.4. The first-order valence-corrected chi connectivity index (χ1v) is 7.59. The van der Waals surface area contributed by atoms with Crippen molar-refractivity contribution in [2.75, 3.05) is 19.8 Å². The standard InChI is InChI=1S/C17H24O5/c1-4-7-10-22-15-11-13(8-9-14(15)18)12-16(20-5-2)17(19)21-6-3/h8-9,11-12,18H,4-7,10H2,1-3H3/b16-12-. The summed E-state index contributed by atoms with van der Waals surface area (Å²) in [6, 6.07) is 4.88. The van der Waals surface area contributed by atoms with Gasteiger partial charge in [-0.1, -0.05) is 19.4 Å². The Kier molecular flexibility index (Phi) is 7.89. The molecule has 122 valence electrons. The predicted octanol–water partition coefficient (Wildman–Crippen LogP) is 3.51. The highest BCUT2D eigenvalue weighted by molar-refractivity contribution is 5.91. The average Bonchev–Trinajstić information content (AvgIpc) is 2.50. The maximum absolute atomic E-state index is 11.8. The zero-order chi connectivity index (χ0) is 16.4. The fraction of sp³-hybridized carbons (Fsp3) is 0.471. The molecule has 0 aliphatic heterocycles. The topological polar surface area (TPSA) is 65.0 Å². The number of phenolic OH excluding ortho intramolecular Hbond substituents is 1. The summed E-state index contributed by atoms with van der Waals surface area (Å²) in [5.74, 6) is 0.0877.